The van der Waals surface area contributed by atoms with Crippen molar-refractivity contribution in [1.29, 1.82) is 0 Å². The number of hydrogen-bond donors (Lipinski definition) is 1. The maximum Gasteiger partial charge on any atom is 0.335 e. The number of halogens is 1. The minimum absolute atomic E-state index is 0.0202. The lowest BCUT2D eigenvalue weighted by Gasteiger charge is -2.33. The fourth-order valence-corrected chi connectivity index (χ4v) is 4.61. The Morgan fingerprint density at radius 3 is 2.38 bits per heavy atom. The lowest BCUT2D eigenvalue weighted by Crippen LogP contribution is -2.45. The molecule has 0 fully saturated rings. The molecule has 0 amide bonds. The molecule has 7 heteroatoms. The second-order valence-corrected chi connectivity index (χ2v) is 8.13. The van der Waals surface area contributed by atoms with Crippen molar-refractivity contribution in [2.24, 2.45) is 0 Å². The van der Waals surface area contributed by atoms with Crippen molar-refractivity contribution in [2.75, 3.05) is 6.54 Å². The number of carbonyl (C=O) groups is 1. The van der Waals surface area contributed by atoms with Crippen LogP contribution in [0.15, 0.2) is 40.2 Å². The highest BCUT2D eigenvalue weighted by molar-refractivity contribution is 9.10. The van der Waals surface area contributed by atoms with Crippen LogP contribution in [-0.2, 0) is 10.0 Å². The van der Waals surface area contributed by atoms with Gasteiger partial charge in [-0.15, -0.1) is 6.58 Å². The van der Waals surface area contributed by atoms with E-state index in [2.05, 4.69) is 22.5 Å². The number of carboxylic acid groups (broad SMARTS) is 1. The second-order valence-electron chi connectivity index (χ2n) is 5.45. The highest BCUT2D eigenvalue weighted by atomic mass is 79.9. The highest BCUT2D eigenvalue weighted by Crippen LogP contribution is 2.30. The van der Waals surface area contributed by atoms with Crippen molar-refractivity contribution >= 4 is 31.9 Å². The average molecular weight is 376 g/mol. The minimum atomic E-state index is -3.77. The lowest BCUT2D eigenvalue weighted by molar-refractivity contribution is 0.0696. The van der Waals surface area contributed by atoms with Crippen LogP contribution in [0.5, 0.6) is 0 Å². The number of hydrogen-bond acceptors (Lipinski definition) is 3. The molecule has 0 unspecified atom stereocenters. The van der Waals surface area contributed by atoms with Crippen LogP contribution in [-0.4, -0.2) is 35.9 Å². The zero-order valence-electron chi connectivity index (χ0n) is 12.1. The van der Waals surface area contributed by atoms with Gasteiger partial charge in [-0.1, -0.05) is 6.08 Å². The third-order valence-corrected chi connectivity index (χ3v) is 5.90. The third-order valence-electron chi connectivity index (χ3n) is 2.79. The second kappa shape index (κ2) is 6.29. The molecule has 0 aromatic heterocycles. The summed E-state index contributed by atoms with van der Waals surface area (Å²) in [7, 11) is -3.77. The summed E-state index contributed by atoms with van der Waals surface area (Å²) in [5.74, 6) is -1.11. The van der Waals surface area contributed by atoms with E-state index in [4.69, 9.17) is 5.11 Å². The van der Waals surface area contributed by atoms with Gasteiger partial charge >= 0.3 is 5.97 Å². The first-order valence-corrected chi connectivity index (χ1v) is 8.41. The molecule has 0 aliphatic carbocycles. The van der Waals surface area contributed by atoms with Crippen molar-refractivity contribution < 1.29 is 18.3 Å². The summed E-state index contributed by atoms with van der Waals surface area (Å²) in [6.07, 6.45) is 1.52. The molecule has 1 rings (SSSR count). The van der Waals surface area contributed by atoms with Crippen molar-refractivity contribution in [1.82, 2.24) is 4.31 Å². The normalized spacial score (nSPS) is 12.4. The van der Waals surface area contributed by atoms with Crippen LogP contribution in [0.4, 0.5) is 0 Å². The molecule has 21 heavy (non-hydrogen) atoms. The van der Waals surface area contributed by atoms with Crippen LogP contribution in [0.3, 0.4) is 0 Å². The molecule has 1 aromatic rings. The molecule has 1 aromatic carbocycles. The third kappa shape index (κ3) is 3.93. The van der Waals surface area contributed by atoms with E-state index in [0.29, 0.717) is 0 Å². The summed E-state index contributed by atoms with van der Waals surface area (Å²) in [6, 6.07) is 3.85. The van der Waals surface area contributed by atoms with E-state index in [1.807, 2.05) is 0 Å². The summed E-state index contributed by atoms with van der Waals surface area (Å²) in [6.45, 7) is 9.11. The quantitative estimate of drug-likeness (QED) is 0.802. The van der Waals surface area contributed by atoms with Gasteiger partial charge in [-0.05, 0) is 54.9 Å². The summed E-state index contributed by atoms with van der Waals surface area (Å²) in [5, 5.41) is 8.93. The lowest BCUT2D eigenvalue weighted by atomic mass is 10.1. The van der Waals surface area contributed by atoms with Crippen LogP contribution >= 0.6 is 15.9 Å². The molecule has 0 aliphatic heterocycles. The Bertz CT molecular complexity index is 662. The van der Waals surface area contributed by atoms with E-state index in [1.165, 1.54) is 28.6 Å². The van der Waals surface area contributed by atoms with Gasteiger partial charge in [-0.3, -0.25) is 0 Å². The largest absolute Gasteiger partial charge is 0.478 e. The van der Waals surface area contributed by atoms with Crippen molar-refractivity contribution in [3.8, 4) is 0 Å². The van der Waals surface area contributed by atoms with Gasteiger partial charge < -0.3 is 5.11 Å². The van der Waals surface area contributed by atoms with Gasteiger partial charge in [0.25, 0.3) is 0 Å². The Hall–Kier alpha value is -1.18. The Kier molecular flexibility index (Phi) is 5.35. The van der Waals surface area contributed by atoms with Crippen LogP contribution in [0.1, 0.15) is 31.1 Å². The maximum absolute atomic E-state index is 12.8. The zero-order chi connectivity index (χ0) is 16.4. The van der Waals surface area contributed by atoms with Gasteiger partial charge in [-0.25, -0.2) is 13.2 Å². The van der Waals surface area contributed by atoms with E-state index in [9.17, 15) is 13.2 Å². The van der Waals surface area contributed by atoms with Gasteiger partial charge in [0.15, 0.2) is 0 Å². The minimum Gasteiger partial charge on any atom is -0.478 e. The molecule has 0 bridgehead atoms. The fourth-order valence-electron chi connectivity index (χ4n) is 1.81. The Morgan fingerprint density at radius 2 is 2.00 bits per heavy atom. The number of nitrogens with zero attached hydrogens (tertiary/aromatic N) is 1. The first-order chi connectivity index (χ1) is 9.51. The van der Waals surface area contributed by atoms with Crippen LogP contribution in [0.2, 0.25) is 0 Å². The molecule has 0 radical (unpaired) electrons. The molecule has 0 saturated heterocycles. The number of benzene rings is 1. The van der Waals surface area contributed by atoms with Crippen molar-refractivity contribution in [3.05, 3.63) is 40.9 Å². The topological polar surface area (TPSA) is 74.7 Å². The molecule has 5 nitrogen and oxygen atoms in total. The molecule has 0 saturated carbocycles. The number of sulfonamides is 1. The zero-order valence-corrected chi connectivity index (χ0v) is 14.5. The fraction of sp³-hybridized carbons (Fsp3) is 0.357. The summed E-state index contributed by atoms with van der Waals surface area (Å²) >= 11 is 3.14. The highest BCUT2D eigenvalue weighted by Gasteiger charge is 2.34. The molecular weight excluding hydrogens is 358 g/mol. The van der Waals surface area contributed by atoms with Gasteiger partial charge in [0.2, 0.25) is 10.0 Å². The molecule has 1 N–H and O–H groups in total. The van der Waals surface area contributed by atoms with Gasteiger partial charge in [0, 0.05) is 16.6 Å². The van der Waals surface area contributed by atoms with Gasteiger partial charge in [0.05, 0.1) is 10.5 Å². The molecule has 0 heterocycles. The summed E-state index contributed by atoms with van der Waals surface area (Å²) in [4.78, 5) is 10.9. The number of carboxylic acids is 1. The monoisotopic (exact) mass is 375 g/mol. The van der Waals surface area contributed by atoms with Crippen LogP contribution in [0.25, 0.3) is 0 Å². The van der Waals surface area contributed by atoms with Crippen molar-refractivity contribution in [2.45, 2.75) is 31.2 Å². The first kappa shape index (κ1) is 17.9. The number of rotatable bonds is 5. The first-order valence-electron chi connectivity index (χ1n) is 6.18. The van der Waals surface area contributed by atoms with E-state index < -0.39 is 21.5 Å². The molecule has 0 spiro atoms. The Morgan fingerprint density at radius 1 is 1.43 bits per heavy atom. The smallest absolute Gasteiger partial charge is 0.335 e. The Labute approximate surface area is 133 Å². The summed E-state index contributed by atoms with van der Waals surface area (Å²) in [5.41, 5.74) is -0.607. The summed E-state index contributed by atoms with van der Waals surface area (Å²) < 4.78 is 27.1. The number of aromatic carboxylic acids is 1. The van der Waals surface area contributed by atoms with E-state index in [0.717, 1.165) is 0 Å². The van der Waals surface area contributed by atoms with E-state index >= 15 is 0 Å². The van der Waals surface area contributed by atoms with E-state index in [-0.39, 0.29) is 21.5 Å². The average Bonchev–Trinajstić information content (AvgIpc) is 2.33. The van der Waals surface area contributed by atoms with Crippen molar-refractivity contribution in [3.63, 3.8) is 0 Å². The Balaban J connectivity index is 3.42. The predicted octanol–water partition coefficient (Wildman–Crippen LogP) is 3.12. The van der Waals surface area contributed by atoms with Crippen LogP contribution in [0, 0.1) is 0 Å². The standard InChI is InChI=1S/C14H18BrNO4S/c1-5-8-16(14(2,3)4)21(19,20)12-7-6-10(13(17)18)9-11(12)15/h5-7,9H,1,8H2,2-4H3,(H,17,18). The predicted molar refractivity (Wildman–Crippen MR) is 84.9 cm³/mol. The van der Waals surface area contributed by atoms with Crippen LogP contribution < -0.4 is 0 Å². The maximum atomic E-state index is 12.8. The molecule has 116 valence electrons. The van der Waals surface area contributed by atoms with Gasteiger partial charge in [-0.2, -0.15) is 4.31 Å². The molecule has 0 atom stereocenters. The molecule has 0 aliphatic rings. The van der Waals surface area contributed by atoms with Gasteiger partial charge in [0.1, 0.15) is 0 Å². The SMILES string of the molecule is C=CCN(C(C)(C)C)S(=O)(=O)c1ccc(C(=O)O)cc1Br. The molecular formula is C14H18BrNO4S. The van der Waals surface area contributed by atoms with E-state index in [1.54, 1.807) is 20.8 Å².